The number of halogens is 3. The summed E-state index contributed by atoms with van der Waals surface area (Å²) in [5, 5.41) is 3.64. The second kappa shape index (κ2) is 6.22. The Morgan fingerprint density at radius 1 is 1.17 bits per heavy atom. The fourth-order valence-electron chi connectivity index (χ4n) is 2.97. The highest BCUT2D eigenvalue weighted by atomic mass is 19.4. The van der Waals surface area contributed by atoms with Crippen LogP contribution in [-0.4, -0.2) is 33.7 Å². The van der Waals surface area contributed by atoms with Crippen molar-refractivity contribution in [3.8, 4) is 0 Å². The van der Waals surface area contributed by atoms with E-state index in [1.54, 1.807) is 29.2 Å². The Morgan fingerprint density at radius 2 is 1.83 bits per heavy atom. The molecule has 1 aromatic rings. The standard InChI is InChI=1S/C16H18F3N3O/c17-16(18,19)14-10-13(12-6-2-3-7-12)22(20-14)11-15(23)21-8-4-1-5-9-21/h2-3,6-7,10,12H,1,4-5,8-9,11H2. The molecule has 23 heavy (non-hydrogen) atoms. The zero-order valence-corrected chi connectivity index (χ0v) is 12.6. The van der Waals surface area contributed by atoms with E-state index in [-0.39, 0.29) is 18.4 Å². The third-order valence-electron chi connectivity index (χ3n) is 4.18. The highest BCUT2D eigenvalue weighted by molar-refractivity contribution is 5.76. The van der Waals surface area contributed by atoms with Crippen molar-refractivity contribution < 1.29 is 18.0 Å². The Bertz CT molecular complexity index is 627. The first-order valence-electron chi connectivity index (χ1n) is 7.73. The number of amides is 1. The Labute approximate surface area is 132 Å². The Balaban J connectivity index is 1.84. The second-order valence-corrected chi connectivity index (χ2v) is 5.85. The van der Waals surface area contributed by atoms with E-state index >= 15 is 0 Å². The van der Waals surface area contributed by atoms with Crippen LogP contribution in [0.25, 0.3) is 0 Å². The summed E-state index contributed by atoms with van der Waals surface area (Å²) in [5.74, 6) is -0.443. The number of carbonyl (C=O) groups excluding carboxylic acids is 1. The topological polar surface area (TPSA) is 38.1 Å². The number of hydrogen-bond donors (Lipinski definition) is 0. The molecule has 1 aromatic heterocycles. The number of allylic oxidation sites excluding steroid dienone is 4. The van der Waals surface area contributed by atoms with E-state index in [0.717, 1.165) is 25.3 Å². The van der Waals surface area contributed by atoms with Gasteiger partial charge in [-0.05, 0) is 25.3 Å². The highest BCUT2D eigenvalue weighted by Crippen LogP contribution is 2.32. The Kier molecular flexibility index (Phi) is 4.28. The average molecular weight is 325 g/mol. The molecule has 7 heteroatoms. The average Bonchev–Trinajstić information content (AvgIpc) is 3.16. The minimum Gasteiger partial charge on any atom is -0.341 e. The summed E-state index contributed by atoms with van der Waals surface area (Å²) in [5.41, 5.74) is -0.555. The van der Waals surface area contributed by atoms with Gasteiger partial charge < -0.3 is 4.90 Å². The lowest BCUT2D eigenvalue weighted by Gasteiger charge is -2.27. The molecule has 2 heterocycles. The quantitative estimate of drug-likeness (QED) is 0.856. The first kappa shape index (κ1) is 15.8. The summed E-state index contributed by atoms with van der Waals surface area (Å²) in [6, 6.07) is 1.04. The van der Waals surface area contributed by atoms with Crippen molar-refractivity contribution in [3.63, 3.8) is 0 Å². The molecule has 0 spiro atoms. The number of carbonyl (C=O) groups is 1. The maximum atomic E-state index is 13.0. The summed E-state index contributed by atoms with van der Waals surface area (Å²) < 4.78 is 40.1. The van der Waals surface area contributed by atoms with E-state index in [2.05, 4.69) is 5.10 Å². The number of aromatic nitrogens is 2. The predicted molar refractivity (Wildman–Crippen MR) is 78.7 cm³/mol. The van der Waals surface area contributed by atoms with Crippen molar-refractivity contribution >= 4 is 5.91 Å². The Morgan fingerprint density at radius 3 is 2.43 bits per heavy atom. The first-order chi connectivity index (χ1) is 10.9. The van der Waals surface area contributed by atoms with Gasteiger partial charge in [0.05, 0.1) is 5.69 Å². The number of piperidine rings is 1. The van der Waals surface area contributed by atoms with Crippen LogP contribution in [0.15, 0.2) is 30.4 Å². The molecule has 0 saturated carbocycles. The molecule has 1 aliphatic carbocycles. The molecule has 3 rings (SSSR count). The van der Waals surface area contributed by atoms with Crippen LogP contribution in [0.3, 0.4) is 0 Å². The van der Waals surface area contributed by atoms with Gasteiger partial charge in [0.25, 0.3) is 0 Å². The molecule has 0 N–H and O–H groups in total. The van der Waals surface area contributed by atoms with Crippen LogP contribution in [0, 0.1) is 0 Å². The van der Waals surface area contributed by atoms with Crippen LogP contribution in [0.1, 0.15) is 36.6 Å². The lowest BCUT2D eigenvalue weighted by Crippen LogP contribution is -2.38. The third kappa shape index (κ3) is 3.48. The van der Waals surface area contributed by atoms with Crippen LogP contribution in [0.4, 0.5) is 13.2 Å². The van der Waals surface area contributed by atoms with Crippen molar-refractivity contribution in [2.75, 3.05) is 13.1 Å². The van der Waals surface area contributed by atoms with Crippen LogP contribution in [0.2, 0.25) is 0 Å². The molecule has 1 aliphatic heterocycles. The van der Waals surface area contributed by atoms with Crippen LogP contribution < -0.4 is 0 Å². The Hall–Kier alpha value is -2.05. The smallest absolute Gasteiger partial charge is 0.341 e. The molecule has 1 amide bonds. The molecule has 0 atom stereocenters. The van der Waals surface area contributed by atoms with Crippen LogP contribution >= 0.6 is 0 Å². The molecule has 0 radical (unpaired) electrons. The zero-order valence-electron chi connectivity index (χ0n) is 12.6. The lowest BCUT2D eigenvalue weighted by molar-refractivity contribution is -0.142. The SMILES string of the molecule is O=C(Cn1nc(C(F)(F)F)cc1C1C=CC=C1)N1CCCCC1. The number of hydrogen-bond acceptors (Lipinski definition) is 2. The van der Waals surface area contributed by atoms with E-state index in [9.17, 15) is 18.0 Å². The van der Waals surface area contributed by atoms with Crippen molar-refractivity contribution in [3.05, 3.63) is 41.8 Å². The van der Waals surface area contributed by atoms with Crippen molar-refractivity contribution in [1.82, 2.24) is 14.7 Å². The molecular formula is C16H18F3N3O. The minimum atomic E-state index is -4.51. The van der Waals surface area contributed by atoms with E-state index in [4.69, 9.17) is 0 Å². The van der Waals surface area contributed by atoms with Crippen molar-refractivity contribution in [1.29, 1.82) is 0 Å². The van der Waals surface area contributed by atoms with Gasteiger partial charge in [0.15, 0.2) is 5.69 Å². The van der Waals surface area contributed by atoms with E-state index in [0.29, 0.717) is 18.8 Å². The first-order valence-corrected chi connectivity index (χ1v) is 7.73. The van der Waals surface area contributed by atoms with Gasteiger partial charge in [-0.3, -0.25) is 9.48 Å². The summed E-state index contributed by atoms with van der Waals surface area (Å²) in [4.78, 5) is 14.1. The van der Waals surface area contributed by atoms with E-state index in [1.165, 1.54) is 4.68 Å². The van der Waals surface area contributed by atoms with Gasteiger partial charge in [-0.15, -0.1) is 0 Å². The predicted octanol–water partition coefficient (Wildman–Crippen LogP) is 3.12. The van der Waals surface area contributed by atoms with E-state index < -0.39 is 11.9 Å². The van der Waals surface area contributed by atoms with Gasteiger partial charge in [-0.2, -0.15) is 18.3 Å². The number of rotatable bonds is 3. The highest BCUT2D eigenvalue weighted by Gasteiger charge is 2.36. The van der Waals surface area contributed by atoms with Gasteiger partial charge in [0.2, 0.25) is 5.91 Å². The molecule has 4 nitrogen and oxygen atoms in total. The summed E-state index contributed by atoms with van der Waals surface area (Å²) in [7, 11) is 0. The second-order valence-electron chi connectivity index (χ2n) is 5.85. The summed E-state index contributed by atoms with van der Waals surface area (Å²) >= 11 is 0. The number of likely N-dealkylation sites (tertiary alicyclic amines) is 1. The molecule has 0 aromatic carbocycles. The lowest BCUT2D eigenvalue weighted by atomic mass is 10.1. The fourth-order valence-corrected chi connectivity index (χ4v) is 2.97. The molecule has 0 unspecified atom stereocenters. The summed E-state index contributed by atoms with van der Waals surface area (Å²) in [6.45, 7) is 1.19. The maximum absolute atomic E-state index is 13.0. The van der Waals surface area contributed by atoms with Gasteiger partial charge in [0.1, 0.15) is 6.54 Å². The molecule has 124 valence electrons. The third-order valence-corrected chi connectivity index (χ3v) is 4.18. The normalized spacial score (nSPS) is 18.8. The van der Waals surface area contributed by atoms with Crippen molar-refractivity contribution in [2.24, 2.45) is 0 Å². The van der Waals surface area contributed by atoms with Crippen molar-refractivity contribution in [2.45, 2.75) is 37.9 Å². The fraction of sp³-hybridized carbons (Fsp3) is 0.500. The maximum Gasteiger partial charge on any atom is 0.435 e. The minimum absolute atomic E-state index is 0.149. The molecule has 1 fully saturated rings. The number of nitrogens with zero attached hydrogens (tertiary/aromatic N) is 3. The van der Waals surface area contributed by atoms with Gasteiger partial charge >= 0.3 is 6.18 Å². The van der Waals surface area contributed by atoms with Gasteiger partial charge in [-0.25, -0.2) is 0 Å². The van der Waals surface area contributed by atoms with Crippen LogP contribution in [0.5, 0.6) is 0 Å². The molecule has 0 bridgehead atoms. The van der Waals surface area contributed by atoms with Crippen LogP contribution in [-0.2, 0) is 17.5 Å². The van der Waals surface area contributed by atoms with E-state index in [1.807, 2.05) is 0 Å². The molecule has 1 saturated heterocycles. The molecular weight excluding hydrogens is 307 g/mol. The zero-order chi connectivity index (χ0) is 16.4. The van der Waals surface area contributed by atoms with Gasteiger partial charge in [-0.1, -0.05) is 24.3 Å². The monoisotopic (exact) mass is 325 g/mol. The van der Waals surface area contributed by atoms with Gasteiger partial charge in [0, 0.05) is 19.0 Å². The number of alkyl halides is 3. The molecule has 2 aliphatic rings. The summed E-state index contributed by atoms with van der Waals surface area (Å²) in [6.07, 6.45) is 5.60. The largest absolute Gasteiger partial charge is 0.435 e.